The molecule has 0 rings (SSSR count). The van der Waals surface area contributed by atoms with Gasteiger partial charge in [0.15, 0.2) is 0 Å². The average molecular weight is 143 g/mol. The van der Waals surface area contributed by atoms with Gasteiger partial charge in [0.05, 0.1) is 12.5 Å². The minimum absolute atomic E-state index is 0. The molecule has 8 heavy (non-hydrogen) atoms. The minimum Gasteiger partial charge on any atom is -0.481 e. The topological polar surface area (TPSA) is 57.5 Å². The summed E-state index contributed by atoms with van der Waals surface area (Å²) >= 11 is 0. The fraction of sp³-hybridized carbons (Fsp3) is 0.750. The fourth-order valence-electron chi connectivity index (χ4n) is 0.253. The maximum atomic E-state index is 9.65. The predicted octanol–water partition coefficient (Wildman–Crippen LogP) is -0.539. The van der Waals surface area contributed by atoms with Crippen LogP contribution in [0.2, 0.25) is 0 Å². The van der Waals surface area contributed by atoms with Crippen molar-refractivity contribution in [2.45, 2.75) is 19.4 Å². The first kappa shape index (κ1) is 11.8. The Morgan fingerprint density at radius 2 is 2.12 bits per heavy atom. The molecule has 0 spiro atoms. The first-order valence-corrected chi connectivity index (χ1v) is 2.03. The Bertz CT molecular complexity index is 71.7. The molecule has 0 aromatic rings. The summed E-state index contributed by atoms with van der Waals surface area (Å²) in [7, 11) is 0. The molecule has 1 radical (unpaired) electrons. The van der Waals surface area contributed by atoms with Crippen molar-refractivity contribution in [3.05, 3.63) is 0 Å². The van der Waals surface area contributed by atoms with Crippen molar-refractivity contribution in [3.8, 4) is 0 Å². The second kappa shape index (κ2) is 6.19. The van der Waals surface area contributed by atoms with Crippen molar-refractivity contribution in [2.24, 2.45) is 0 Å². The van der Waals surface area contributed by atoms with E-state index in [1.165, 1.54) is 6.92 Å². The molecule has 0 aromatic heterocycles. The van der Waals surface area contributed by atoms with Crippen molar-refractivity contribution in [3.63, 3.8) is 0 Å². The van der Waals surface area contributed by atoms with Crippen molar-refractivity contribution >= 4 is 57.4 Å². The fourth-order valence-corrected chi connectivity index (χ4v) is 0.253. The number of aliphatic carboxylic acids is 1. The van der Waals surface area contributed by atoms with Crippen LogP contribution in [0.1, 0.15) is 13.3 Å². The van der Waals surface area contributed by atoms with Crippen molar-refractivity contribution in [2.75, 3.05) is 0 Å². The molecular formula is C4H8KO3. The zero-order valence-corrected chi connectivity index (χ0v) is 8.21. The number of aliphatic hydroxyl groups excluding tert-OH is 1. The molecule has 0 aliphatic carbocycles. The van der Waals surface area contributed by atoms with Crippen LogP contribution in [0.15, 0.2) is 0 Å². The van der Waals surface area contributed by atoms with Crippen LogP contribution in [-0.2, 0) is 4.79 Å². The van der Waals surface area contributed by atoms with E-state index in [-0.39, 0.29) is 57.8 Å². The summed E-state index contributed by atoms with van der Waals surface area (Å²) in [5.74, 6) is -0.963. The maximum absolute atomic E-state index is 9.65. The second-order valence-corrected chi connectivity index (χ2v) is 1.45. The largest absolute Gasteiger partial charge is 0.481 e. The average Bonchev–Trinajstić information content (AvgIpc) is 1.27. The molecule has 0 aliphatic rings. The van der Waals surface area contributed by atoms with E-state index in [1.54, 1.807) is 0 Å². The van der Waals surface area contributed by atoms with Crippen LogP contribution in [0, 0.1) is 0 Å². The van der Waals surface area contributed by atoms with Crippen LogP contribution in [0.5, 0.6) is 0 Å². The van der Waals surface area contributed by atoms with Gasteiger partial charge in [-0.1, -0.05) is 0 Å². The van der Waals surface area contributed by atoms with Crippen LogP contribution >= 0.6 is 0 Å². The van der Waals surface area contributed by atoms with Gasteiger partial charge in [0, 0.05) is 51.4 Å². The number of carboxylic acids is 1. The van der Waals surface area contributed by atoms with Crippen molar-refractivity contribution in [1.29, 1.82) is 0 Å². The van der Waals surface area contributed by atoms with Crippen LogP contribution in [0.4, 0.5) is 0 Å². The summed E-state index contributed by atoms with van der Waals surface area (Å²) in [6.45, 7) is 1.44. The predicted molar refractivity (Wildman–Crippen MR) is 29.7 cm³/mol. The van der Waals surface area contributed by atoms with E-state index in [0.29, 0.717) is 0 Å². The Balaban J connectivity index is 0. The van der Waals surface area contributed by atoms with E-state index >= 15 is 0 Å². The molecule has 0 saturated carbocycles. The molecule has 0 saturated heterocycles. The van der Waals surface area contributed by atoms with Gasteiger partial charge in [-0.2, -0.15) is 0 Å². The number of hydrogen-bond acceptors (Lipinski definition) is 2. The minimum atomic E-state index is -0.963. The van der Waals surface area contributed by atoms with E-state index in [2.05, 4.69) is 0 Å². The van der Waals surface area contributed by atoms with Gasteiger partial charge in [0.1, 0.15) is 0 Å². The molecule has 0 fully saturated rings. The van der Waals surface area contributed by atoms with Crippen LogP contribution in [0.3, 0.4) is 0 Å². The summed E-state index contributed by atoms with van der Waals surface area (Å²) in [6.07, 6.45) is -0.891. The monoisotopic (exact) mass is 143 g/mol. The number of carboxylic acid groups (broad SMARTS) is 1. The smallest absolute Gasteiger partial charge is 0.305 e. The molecule has 1 atom stereocenters. The molecule has 0 bridgehead atoms. The summed E-state index contributed by atoms with van der Waals surface area (Å²) in [5.41, 5.74) is 0. The molecule has 0 aromatic carbocycles. The summed E-state index contributed by atoms with van der Waals surface area (Å²) in [6, 6.07) is 0. The zero-order chi connectivity index (χ0) is 5.86. The van der Waals surface area contributed by atoms with Gasteiger partial charge in [-0.15, -0.1) is 0 Å². The molecule has 4 heteroatoms. The van der Waals surface area contributed by atoms with Gasteiger partial charge >= 0.3 is 5.97 Å². The number of hydrogen-bond donors (Lipinski definition) is 2. The Kier molecular flexibility index (Phi) is 9.14. The van der Waals surface area contributed by atoms with E-state index in [0.717, 1.165) is 0 Å². The third-order valence-corrected chi connectivity index (χ3v) is 0.470. The molecular weight excluding hydrogens is 135 g/mol. The van der Waals surface area contributed by atoms with Crippen LogP contribution < -0.4 is 0 Å². The van der Waals surface area contributed by atoms with Gasteiger partial charge in [-0.05, 0) is 6.92 Å². The Morgan fingerprint density at radius 1 is 1.75 bits per heavy atom. The molecule has 0 amide bonds. The number of rotatable bonds is 2. The first-order chi connectivity index (χ1) is 3.13. The normalized spacial score (nSPS) is 11.8. The maximum Gasteiger partial charge on any atom is 0.305 e. The third-order valence-electron chi connectivity index (χ3n) is 0.470. The van der Waals surface area contributed by atoms with Gasteiger partial charge in [-0.25, -0.2) is 0 Å². The third kappa shape index (κ3) is 10.1. The van der Waals surface area contributed by atoms with E-state index in [1.807, 2.05) is 0 Å². The molecule has 3 nitrogen and oxygen atoms in total. The summed E-state index contributed by atoms with van der Waals surface area (Å²) in [4.78, 5) is 9.65. The molecule has 0 heterocycles. The second-order valence-electron chi connectivity index (χ2n) is 1.45. The first-order valence-electron chi connectivity index (χ1n) is 2.03. The van der Waals surface area contributed by atoms with Gasteiger partial charge in [-0.3, -0.25) is 4.79 Å². The summed E-state index contributed by atoms with van der Waals surface area (Å²) in [5, 5.41) is 16.3. The molecule has 43 valence electrons. The molecule has 0 unspecified atom stereocenters. The Morgan fingerprint density at radius 3 is 2.12 bits per heavy atom. The molecule has 0 aliphatic heterocycles. The van der Waals surface area contributed by atoms with Crippen molar-refractivity contribution in [1.82, 2.24) is 0 Å². The molecule has 2 N–H and O–H groups in total. The quantitative estimate of drug-likeness (QED) is 0.510. The van der Waals surface area contributed by atoms with Crippen LogP contribution in [0.25, 0.3) is 0 Å². The Hall–Kier alpha value is 1.07. The van der Waals surface area contributed by atoms with Gasteiger partial charge in [0.25, 0.3) is 0 Å². The summed E-state index contributed by atoms with van der Waals surface area (Å²) < 4.78 is 0. The zero-order valence-electron chi connectivity index (χ0n) is 5.09. The Labute approximate surface area is 90.5 Å². The van der Waals surface area contributed by atoms with Gasteiger partial charge < -0.3 is 10.2 Å². The number of aliphatic hydroxyl groups is 1. The van der Waals surface area contributed by atoms with E-state index in [9.17, 15) is 4.79 Å². The van der Waals surface area contributed by atoms with Crippen molar-refractivity contribution < 1.29 is 15.0 Å². The number of carbonyl (C=O) groups is 1. The SMILES string of the molecule is C[C@@H](O)CC(=O)O.[K]. The van der Waals surface area contributed by atoms with Crippen LogP contribution in [-0.4, -0.2) is 73.7 Å². The van der Waals surface area contributed by atoms with E-state index in [4.69, 9.17) is 10.2 Å². The van der Waals surface area contributed by atoms with E-state index < -0.39 is 12.1 Å². The van der Waals surface area contributed by atoms with Gasteiger partial charge in [0.2, 0.25) is 0 Å². The standard InChI is InChI=1S/C4H8O3.K/c1-3(5)2-4(6)7;/h3,5H,2H2,1H3,(H,6,7);/t3-;/m1./s1.